The molecule has 0 saturated carbocycles. The van der Waals surface area contributed by atoms with Crippen LogP contribution in [0.4, 0.5) is 0 Å². The van der Waals surface area contributed by atoms with E-state index in [2.05, 4.69) is 18.7 Å². The zero-order valence-electron chi connectivity index (χ0n) is 9.79. The summed E-state index contributed by atoms with van der Waals surface area (Å²) in [5.41, 5.74) is 0. The van der Waals surface area contributed by atoms with Crippen LogP contribution in [0.5, 0.6) is 0 Å². The predicted octanol–water partition coefficient (Wildman–Crippen LogP) is 1.19. The maximum Gasteiger partial charge on any atom is 0.225 e. The largest absolute Gasteiger partial charge is 0.349 e. The highest BCUT2D eigenvalue weighted by Gasteiger charge is 2.26. The second-order valence-corrected chi connectivity index (χ2v) is 4.64. The number of hydrogen-bond donors (Lipinski definition) is 0. The molecule has 0 bridgehead atoms. The molecule has 0 unspecified atom stereocenters. The Labute approximate surface area is 87.1 Å². The Hall–Kier alpha value is -0.570. The summed E-state index contributed by atoms with van der Waals surface area (Å²) in [6.07, 6.45) is 2.05. The smallest absolute Gasteiger partial charge is 0.225 e. The van der Waals surface area contributed by atoms with Crippen molar-refractivity contribution in [3.63, 3.8) is 0 Å². The van der Waals surface area contributed by atoms with Crippen LogP contribution in [0.25, 0.3) is 0 Å². The van der Waals surface area contributed by atoms with Crippen LogP contribution >= 0.6 is 0 Å². The van der Waals surface area contributed by atoms with E-state index in [1.165, 1.54) is 0 Å². The third kappa shape index (κ3) is 2.71. The normalized spacial score (nSPS) is 20.1. The van der Waals surface area contributed by atoms with Crippen molar-refractivity contribution >= 4 is 5.91 Å². The summed E-state index contributed by atoms with van der Waals surface area (Å²) in [6.45, 7) is 6.58. The van der Waals surface area contributed by atoms with Gasteiger partial charge >= 0.3 is 0 Å². The van der Waals surface area contributed by atoms with Crippen molar-refractivity contribution in [2.75, 3.05) is 27.2 Å². The van der Waals surface area contributed by atoms with E-state index < -0.39 is 0 Å². The fraction of sp³-hybridized carbons (Fsp3) is 0.909. The third-order valence-electron chi connectivity index (χ3n) is 3.05. The van der Waals surface area contributed by atoms with Crippen LogP contribution in [0.2, 0.25) is 0 Å². The van der Waals surface area contributed by atoms with Gasteiger partial charge in [-0.25, -0.2) is 0 Å². The Kier molecular flexibility index (Phi) is 3.93. The minimum absolute atomic E-state index is 0.264. The van der Waals surface area contributed by atoms with Crippen molar-refractivity contribution in [2.24, 2.45) is 5.92 Å². The number of amides is 1. The van der Waals surface area contributed by atoms with Gasteiger partial charge in [-0.05, 0) is 39.8 Å². The Morgan fingerprint density at radius 1 is 1.29 bits per heavy atom. The summed E-state index contributed by atoms with van der Waals surface area (Å²) in [6, 6.07) is 0.616. The van der Waals surface area contributed by atoms with Crippen molar-refractivity contribution in [1.29, 1.82) is 0 Å². The lowest BCUT2D eigenvalue weighted by atomic mass is 9.95. The summed E-state index contributed by atoms with van der Waals surface area (Å²) in [4.78, 5) is 15.8. The fourth-order valence-corrected chi connectivity index (χ4v) is 2.03. The number of likely N-dealkylation sites (tertiary alicyclic amines) is 1. The second kappa shape index (κ2) is 4.78. The Bertz CT molecular complexity index is 193. The molecule has 0 aromatic rings. The van der Waals surface area contributed by atoms with Gasteiger partial charge in [0.1, 0.15) is 0 Å². The highest BCUT2D eigenvalue weighted by atomic mass is 16.2. The first kappa shape index (κ1) is 11.5. The van der Waals surface area contributed by atoms with Gasteiger partial charge in [-0.1, -0.05) is 0 Å². The molecule has 3 nitrogen and oxygen atoms in total. The molecule has 1 heterocycles. The summed E-state index contributed by atoms with van der Waals surface area (Å²) >= 11 is 0. The predicted molar refractivity (Wildman–Crippen MR) is 58.1 cm³/mol. The molecule has 1 aliphatic heterocycles. The quantitative estimate of drug-likeness (QED) is 0.665. The molecule has 0 aliphatic carbocycles. The standard InChI is InChI=1S/C11H22N2O/c1-9(2)13-7-5-10(6-8-13)11(14)12(3)4/h9-10H,5-8H2,1-4H3. The average molecular weight is 198 g/mol. The van der Waals surface area contributed by atoms with E-state index in [1.807, 2.05) is 14.1 Å². The van der Waals surface area contributed by atoms with Gasteiger partial charge in [-0.2, -0.15) is 0 Å². The number of carbonyl (C=O) groups excluding carboxylic acids is 1. The van der Waals surface area contributed by atoms with Crippen molar-refractivity contribution in [2.45, 2.75) is 32.7 Å². The first-order valence-corrected chi connectivity index (χ1v) is 5.47. The molecule has 1 saturated heterocycles. The maximum atomic E-state index is 11.7. The minimum atomic E-state index is 0.264. The highest BCUT2D eigenvalue weighted by Crippen LogP contribution is 2.20. The van der Waals surface area contributed by atoms with Gasteiger partial charge < -0.3 is 9.80 Å². The molecule has 0 aromatic carbocycles. The molecule has 1 amide bonds. The molecule has 1 rings (SSSR count). The summed E-state index contributed by atoms with van der Waals surface area (Å²) in [7, 11) is 3.69. The average Bonchev–Trinajstić information content (AvgIpc) is 2.16. The zero-order chi connectivity index (χ0) is 10.7. The fourth-order valence-electron chi connectivity index (χ4n) is 2.03. The molecule has 14 heavy (non-hydrogen) atoms. The Balaban J connectivity index is 2.39. The molecule has 0 atom stereocenters. The molecule has 0 N–H and O–H groups in total. The first-order valence-electron chi connectivity index (χ1n) is 5.47. The van der Waals surface area contributed by atoms with Crippen LogP contribution < -0.4 is 0 Å². The highest BCUT2D eigenvalue weighted by molar-refractivity contribution is 5.78. The van der Waals surface area contributed by atoms with Gasteiger partial charge in [0.25, 0.3) is 0 Å². The second-order valence-electron chi connectivity index (χ2n) is 4.64. The van der Waals surface area contributed by atoms with Crippen LogP contribution in [0, 0.1) is 5.92 Å². The lowest BCUT2D eigenvalue weighted by molar-refractivity contribution is -0.134. The molecule has 0 radical (unpaired) electrons. The zero-order valence-corrected chi connectivity index (χ0v) is 9.79. The lowest BCUT2D eigenvalue weighted by Gasteiger charge is -2.34. The van der Waals surface area contributed by atoms with E-state index in [0.717, 1.165) is 25.9 Å². The Morgan fingerprint density at radius 2 is 1.79 bits per heavy atom. The van der Waals surface area contributed by atoms with Crippen LogP contribution in [0.15, 0.2) is 0 Å². The van der Waals surface area contributed by atoms with Crippen molar-refractivity contribution in [3.05, 3.63) is 0 Å². The van der Waals surface area contributed by atoms with E-state index in [4.69, 9.17) is 0 Å². The molecular weight excluding hydrogens is 176 g/mol. The summed E-state index contributed by atoms with van der Waals surface area (Å²) < 4.78 is 0. The van der Waals surface area contributed by atoms with Gasteiger partial charge in [0.2, 0.25) is 5.91 Å². The number of piperidine rings is 1. The molecule has 3 heteroatoms. The van der Waals surface area contributed by atoms with Crippen LogP contribution in [0.3, 0.4) is 0 Å². The summed E-state index contributed by atoms with van der Waals surface area (Å²) in [5.74, 6) is 0.563. The SMILES string of the molecule is CC(C)N1CCC(C(=O)N(C)C)CC1. The molecule has 0 aromatic heterocycles. The lowest BCUT2D eigenvalue weighted by Crippen LogP contribution is -2.42. The van der Waals surface area contributed by atoms with Crippen molar-refractivity contribution in [1.82, 2.24) is 9.80 Å². The van der Waals surface area contributed by atoms with Gasteiger partial charge in [0, 0.05) is 26.1 Å². The number of hydrogen-bond acceptors (Lipinski definition) is 2. The van der Waals surface area contributed by atoms with Crippen molar-refractivity contribution < 1.29 is 4.79 Å². The van der Waals surface area contributed by atoms with E-state index in [-0.39, 0.29) is 5.92 Å². The molecule has 82 valence electrons. The van der Waals surface area contributed by atoms with Gasteiger partial charge in [0.05, 0.1) is 0 Å². The third-order valence-corrected chi connectivity index (χ3v) is 3.05. The van der Waals surface area contributed by atoms with E-state index in [0.29, 0.717) is 11.9 Å². The van der Waals surface area contributed by atoms with Crippen LogP contribution in [-0.2, 0) is 4.79 Å². The first-order chi connectivity index (χ1) is 6.52. The van der Waals surface area contributed by atoms with E-state index in [1.54, 1.807) is 4.90 Å². The number of rotatable bonds is 2. The van der Waals surface area contributed by atoms with Crippen LogP contribution in [-0.4, -0.2) is 48.9 Å². The molecule has 0 spiro atoms. The topological polar surface area (TPSA) is 23.6 Å². The van der Waals surface area contributed by atoms with Crippen LogP contribution in [0.1, 0.15) is 26.7 Å². The maximum absolute atomic E-state index is 11.7. The Morgan fingerprint density at radius 3 is 2.14 bits per heavy atom. The molecule has 1 fully saturated rings. The van der Waals surface area contributed by atoms with E-state index >= 15 is 0 Å². The number of carbonyl (C=O) groups is 1. The summed E-state index contributed by atoms with van der Waals surface area (Å²) in [5, 5.41) is 0. The van der Waals surface area contributed by atoms with Crippen molar-refractivity contribution in [3.8, 4) is 0 Å². The monoisotopic (exact) mass is 198 g/mol. The van der Waals surface area contributed by atoms with Gasteiger partial charge in [0.15, 0.2) is 0 Å². The minimum Gasteiger partial charge on any atom is -0.349 e. The molecular formula is C11H22N2O. The van der Waals surface area contributed by atoms with Gasteiger partial charge in [-0.3, -0.25) is 4.79 Å². The molecule has 1 aliphatic rings. The van der Waals surface area contributed by atoms with E-state index in [9.17, 15) is 4.79 Å². The number of nitrogens with zero attached hydrogens (tertiary/aromatic N) is 2. The van der Waals surface area contributed by atoms with Gasteiger partial charge in [-0.15, -0.1) is 0 Å².